The van der Waals surface area contributed by atoms with Crippen LogP contribution < -0.4 is 5.32 Å². The van der Waals surface area contributed by atoms with Crippen LogP contribution >= 0.6 is 0 Å². The van der Waals surface area contributed by atoms with Gasteiger partial charge in [0, 0.05) is 6.54 Å². The monoisotopic (exact) mass is 275 g/mol. The van der Waals surface area contributed by atoms with Crippen LogP contribution in [0.1, 0.15) is 57.4 Å². The molecule has 1 aliphatic carbocycles. The molecule has 1 aliphatic rings. The molecular weight excluding hydrogens is 246 g/mol. The van der Waals surface area contributed by atoms with Crippen LogP contribution in [0.4, 0.5) is 0 Å². The van der Waals surface area contributed by atoms with Crippen molar-refractivity contribution in [2.24, 2.45) is 5.92 Å². The summed E-state index contributed by atoms with van der Waals surface area (Å²) >= 11 is 0. The Morgan fingerprint density at radius 3 is 2.55 bits per heavy atom. The standard InChI is InChI=1S/C18H29NO/c1-15-8-11-18(20,12-9-15)14-19-13-10-16(2)17-6-4-3-5-7-17/h3-7,15-16,19-20H,8-14H2,1-2H3. The first-order valence-electron chi connectivity index (χ1n) is 8.07. The minimum atomic E-state index is -0.456. The molecule has 2 N–H and O–H groups in total. The summed E-state index contributed by atoms with van der Waals surface area (Å²) < 4.78 is 0. The highest BCUT2D eigenvalue weighted by atomic mass is 16.3. The fraction of sp³-hybridized carbons (Fsp3) is 0.667. The third-order valence-corrected chi connectivity index (χ3v) is 4.78. The molecule has 1 atom stereocenters. The lowest BCUT2D eigenvalue weighted by Gasteiger charge is -2.35. The van der Waals surface area contributed by atoms with Gasteiger partial charge in [-0.25, -0.2) is 0 Å². The van der Waals surface area contributed by atoms with E-state index in [-0.39, 0.29) is 0 Å². The highest BCUT2D eigenvalue weighted by Gasteiger charge is 2.31. The van der Waals surface area contributed by atoms with Crippen LogP contribution in [-0.4, -0.2) is 23.8 Å². The summed E-state index contributed by atoms with van der Waals surface area (Å²) in [6, 6.07) is 10.7. The van der Waals surface area contributed by atoms with Gasteiger partial charge in [-0.15, -0.1) is 0 Å². The molecule has 1 aromatic rings. The number of aliphatic hydroxyl groups is 1. The quantitative estimate of drug-likeness (QED) is 0.776. The van der Waals surface area contributed by atoms with Crippen molar-refractivity contribution in [3.8, 4) is 0 Å². The molecule has 1 fully saturated rings. The van der Waals surface area contributed by atoms with Crippen molar-refractivity contribution in [1.29, 1.82) is 0 Å². The first kappa shape index (κ1) is 15.5. The van der Waals surface area contributed by atoms with Gasteiger partial charge >= 0.3 is 0 Å². The number of benzene rings is 1. The summed E-state index contributed by atoms with van der Waals surface area (Å²) in [7, 11) is 0. The summed E-state index contributed by atoms with van der Waals surface area (Å²) in [5.74, 6) is 1.36. The van der Waals surface area contributed by atoms with E-state index >= 15 is 0 Å². The topological polar surface area (TPSA) is 32.3 Å². The highest BCUT2D eigenvalue weighted by Crippen LogP contribution is 2.31. The zero-order valence-electron chi connectivity index (χ0n) is 12.9. The molecule has 2 nitrogen and oxygen atoms in total. The Balaban J connectivity index is 1.66. The van der Waals surface area contributed by atoms with E-state index in [0.29, 0.717) is 5.92 Å². The van der Waals surface area contributed by atoms with Gasteiger partial charge in [0.25, 0.3) is 0 Å². The molecule has 0 spiro atoms. The molecule has 0 saturated heterocycles. The van der Waals surface area contributed by atoms with E-state index in [9.17, 15) is 5.11 Å². The maximum atomic E-state index is 10.5. The van der Waals surface area contributed by atoms with Crippen LogP contribution in [0.2, 0.25) is 0 Å². The van der Waals surface area contributed by atoms with E-state index in [1.165, 1.54) is 18.4 Å². The molecule has 112 valence electrons. The molecule has 0 aliphatic heterocycles. The minimum Gasteiger partial charge on any atom is -0.389 e. The first-order chi connectivity index (χ1) is 9.59. The van der Waals surface area contributed by atoms with E-state index in [4.69, 9.17) is 0 Å². The average Bonchev–Trinajstić information content (AvgIpc) is 2.48. The predicted octanol–water partition coefficient (Wildman–Crippen LogP) is 3.71. The zero-order valence-corrected chi connectivity index (χ0v) is 12.9. The number of hydrogen-bond donors (Lipinski definition) is 2. The Kier molecular flexibility index (Phi) is 5.62. The lowest BCUT2D eigenvalue weighted by atomic mass is 9.79. The largest absolute Gasteiger partial charge is 0.389 e. The van der Waals surface area contributed by atoms with Crippen LogP contribution in [0.3, 0.4) is 0 Å². The van der Waals surface area contributed by atoms with Gasteiger partial charge in [0.05, 0.1) is 5.60 Å². The normalized spacial score (nSPS) is 28.2. The zero-order chi connectivity index (χ0) is 14.4. The van der Waals surface area contributed by atoms with Gasteiger partial charge in [0.2, 0.25) is 0 Å². The lowest BCUT2D eigenvalue weighted by Crippen LogP contribution is -2.43. The summed E-state index contributed by atoms with van der Waals surface area (Å²) in [6.45, 7) is 6.29. The van der Waals surface area contributed by atoms with Crippen molar-refractivity contribution in [2.45, 2.75) is 57.5 Å². The van der Waals surface area contributed by atoms with Gasteiger partial charge in [0.1, 0.15) is 0 Å². The maximum absolute atomic E-state index is 10.5. The predicted molar refractivity (Wildman–Crippen MR) is 84.9 cm³/mol. The molecule has 2 heteroatoms. The second-order valence-corrected chi connectivity index (χ2v) is 6.68. The van der Waals surface area contributed by atoms with E-state index in [2.05, 4.69) is 49.5 Å². The molecule has 20 heavy (non-hydrogen) atoms. The number of hydrogen-bond acceptors (Lipinski definition) is 2. The molecule has 1 unspecified atom stereocenters. The molecule has 1 aromatic carbocycles. The fourth-order valence-electron chi connectivity index (χ4n) is 3.06. The Hall–Kier alpha value is -0.860. The molecule has 0 amide bonds. The fourth-order valence-corrected chi connectivity index (χ4v) is 3.06. The first-order valence-corrected chi connectivity index (χ1v) is 8.07. The summed E-state index contributed by atoms with van der Waals surface area (Å²) in [5, 5.41) is 14.0. The Morgan fingerprint density at radius 1 is 1.25 bits per heavy atom. The van der Waals surface area contributed by atoms with Crippen molar-refractivity contribution in [2.75, 3.05) is 13.1 Å². The third kappa shape index (κ3) is 4.60. The van der Waals surface area contributed by atoms with Crippen LogP contribution in [-0.2, 0) is 0 Å². The van der Waals surface area contributed by atoms with Crippen molar-refractivity contribution in [3.63, 3.8) is 0 Å². The van der Waals surface area contributed by atoms with Gasteiger partial charge in [-0.05, 0) is 56.0 Å². The number of nitrogens with one attached hydrogen (secondary N) is 1. The van der Waals surface area contributed by atoms with Crippen molar-refractivity contribution in [1.82, 2.24) is 5.32 Å². The van der Waals surface area contributed by atoms with E-state index in [1.54, 1.807) is 0 Å². The SMILES string of the molecule is CC1CCC(O)(CNCCC(C)c2ccccc2)CC1. The highest BCUT2D eigenvalue weighted by molar-refractivity contribution is 5.18. The van der Waals surface area contributed by atoms with Crippen molar-refractivity contribution in [3.05, 3.63) is 35.9 Å². The van der Waals surface area contributed by atoms with Crippen LogP contribution in [0, 0.1) is 5.92 Å². The smallest absolute Gasteiger partial charge is 0.0771 e. The number of rotatable bonds is 6. The van der Waals surface area contributed by atoms with Crippen molar-refractivity contribution >= 4 is 0 Å². The summed E-state index contributed by atoms with van der Waals surface area (Å²) in [5.41, 5.74) is 0.946. The minimum absolute atomic E-state index is 0.456. The summed E-state index contributed by atoms with van der Waals surface area (Å²) in [4.78, 5) is 0. The van der Waals surface area contributed by atoms with Crippen LogP contribution in [0.25, 0.3) is 0 Å². The molecule has 0 bridgehead atoms. The second-order valence-electron chi connectivity index (χ2n) is 6.68. The van der Waals surface area contributed by atoms with Crippen molar-refractivity contribution < 1.29 is 5.11 Å². The second kappa shape index (κ2) is 7.24. The van der Waals surface area contributed by atoms with Gasteiger partial charge in [-0.2, -0.15) is 0 Å². The summed E-state index contributed by atoms with van der Waals surface area (Å²) in [6.07, 6.45) is 5.36. The van der Waals surface area contributed by atoms with E-state index in [0.717, 1.165) is 38.3 Å². The molecule has 0 aromatic heterocycles. The maximum Gasteiger partial charge on any atom is 0.0771 e. The third-order valence-electron chi connectivity index (χ3n) is 4.78. The Labute approximate surface area is 123 Å². The van der Waals surface area contributed by atoms with Crippen LogP contribution in [0.15, 0.2) is 30.3 Å². The molecule has 1 saturated carbocycles. The lowest BCUT2D eigenvalue weighted by molar-refractivity contribution is -0.00599. The molecule has 0 heterocycles. The average molecular weight is 275 g/mol. The van der Waals surface area contributed by atoms with Gasteiger partial charge < -0.3 is 10.4 Å². The van der Waals surface area contributed by atoms with E-state index < -0.39 is 5.60 Å². The molecular formula is C18H29NO. The molecule has 2 rings (SSSR count). The Bertz CT molecular complexity index is 382. The van der Waals surface area contributed by atoms with Gasteiger partial charge in [-0.1, -0.05) is 44.2 Å². The van der Waals surface area contributed by atoms with Crippen LogP contribution in [0.5, 0.6) is 0 Å². The Morgan fingerprint density at radius 2 is 1.90 bits per heavy atom. The van der Waals surface area contributed by atoms with E-state index in [1.807, 2.05) is 0 Å². The van der Waals surface area contributed by atoms with Gasteiger partial charge in [-0.3, -0.25) is 0 Å². The van der Waals surface area contributed by atoms with Gasteiger partial charge in [0.15, 0.2) is 0 Å². The molecule has 0 radical (unpaired) electrons.